The van der Waals surface area contributed by atoms with E-state index in [0.29, 0.717) is 16.3 Å². The van der Waals surface area contributed by atoms with E-state index in [9.17, 15) is 8.60 Å². The minimum Gasteiger partial charge on any atom is -0.399 e. The minimum atomic E-state index is -1.21. The van der Waals surface area contributed by atoms with Crippen LogP contribution < -0.4 is 5.73 Å². The number of anilines is 1. The van der Waals surface area contributed by atoms with Crippen LogP contribution in [0.4, 0.5) is 10.1 Å². The molecule has 2 rings (SSSR count). The molecule has 0 saturated carbocycles. The number of rotatable bonds is 3. The molecule has 0 aliphatic rings. The van der Waals surface area contributed by atoms with Gasteiger partial charge < -0.3 is 5.73 Å². The normalized spacial score (nSPS) is 12.3. The highest BCUT2D eigenvalue weighted by Crippen LogP contribution is 2.18. The highest BCUT2D eigenvalue weighted by atomic mass is 32.2. The van der Waals surface area contributed by atoms with E-state index in [1.54, 1.807) is 30.3 Å². The van der Waals surface area contributed by atoms with E-state index in [1.807, 2.05) is 6.92 Å². The Morgan fingerprint density at radius 3 is 2.72 bits per heavy atom. The molecule has 0 aliphatic heterocycles. The van der Waals surface area contributed by atoms with Gasteiger partial charge in [0.15, 0.2) is 0 Å². The van der Waals surface area contributed by atoms with Crippen molar-refractivity contribution in [1.82, 2.24) is 0 Å². The van der Waals surface area contributed by atoms with Gasteiger partial charge in [-0.1, -0.05) is 12.1 Å². The van der Waals surface area contributed by atoms with Crippen molar-refractivity contribution in [1.29, 1.82) is 0 Å². The average molecular weight is 263 g/mol. The SMILES string of the molecule is Cc1ccc(F)cc1CS(=O)c1cccc(N)c1. The maximum absolute atomic E-state index is 13.1. The van der Waals surface area contributed by atoms with Crippen molar-refractivity contribution in [3.8, 4) is 0 Å². The van der Waals surface area contributed by atoms with Gasteiger partial charge in [0.25, 0.3) is 0 Å². The highest BCUT2D eigenvalue weighted by molar-refractivity contribution is 7.84. The van der Waals surface area contributed by atoms with Gasteiger partial charge >= 0.3 is 0 Å². The summed E-state index contributed by atoms with van der Waals surface area (Å²) in [6.07, 6.45) is 0. The number of halogens is 1. The highest BCUT2D eigenvalue weighted by Gasteiger charge is 2.08. The molecule has 1 unspecified atom stereocenters. The minimum absolute atomic E-state index is 0.299. The Labute approximate surface area is 108 Å². The summed E-state index contributed by atoms with van der Waals surface area (Å²) in [5.41, 5.74) is 7.93. The van der Waals surface area contributed by atoms with E-state index >= 15 is 0 Å². The predicted molar refractivity (Wildman–Crippen MR) is 72.1 cm³/mol. The van der Waals surface area contributed by atoms with Crippen LogP contribution in [-0.2, 0) is 16.6 Å². The third kappa shape index (κ3) is 2.96. The first-order valence-electron chi connectivity index (χ1n) is 5.55. The van der Waals surface area contributed by atoms with E-state index in [4.69, 9.17) is 5.73 Å². The Kier molecular flexibility index (Phi) is 3.77. The zero-order chi connectivity index (χ0) is 13.1. The Hall–Kier alpha value is -1.68. The maximum Gasteiger partial charge on any atom is 0.123 e. The number of aryl methyl sites for hydroxylation is 1. The smallest absolute Gasteiger partial charge is 0.123 e. The second-order valence-corrected chi connectivity index (χ2v) is 5.58. The number of nitrogens with two attached hydrogens (primary N) is 1. The number of hydrogen-bond donors (Lipinski definition) is 1. The Balaban J connectivity index is 2.24. The zero-order valence-electron chi connectivity index (χ0n) is 10.0. The lowest BCUT2D eigenvalue weighted by Crippen LogP contribution is -2.00. The van der Waals surface area contributed by atoms with Gasteiger partial charge in [-0.25, -0.2) is 4.39 Å². The van der Waals surface area contributed by atoms with Gasteiger partial charge in [-0.2, -0.15) is 0 Å². The first-order valence-corrected chi connectivity index (χ1v) is 6.87. The summed E-state index contributed by atoms with van der Waals surface area (Å²) in [6.45, 7) is 1.88. The summed E-state index contributed by atoms with van der Waals surface area (Å²) in [4.78, 5) is 0.665. The van der Waals surface area contributed by atoms with Gasteiger partial charge in [-0.05, 0) is 48.4 Å². The van der Waals surface area contributed by atoms with Crippen LogP contribution >= 0.6 is 0 Å². The van der Waals surface area contributed by atoms with Crippen molar-refractivity contribution in [2.45, 2.75) is 17.6 Å². The van der Waals surface area contributed by atoms with Gasteiger partial charge in [-0.15, -0.1) is 0 Å². The predicted octanol–water partition coefficient (Wildman–Crippen LogP) is 3.02. The first-order chi connectivity index (χ1) is 8.56. The zero-order valence-corrected chi connectivity index (χ0v) is 10.8. The number of benzene rings is 2. The molecular weight excluding hydrogens is 249 g/mol. The van der Waals surface area contributed by atoms with Crippen LogP contribution in [0, 0.1) is 12.7 Å². The van der Waals surface area contributed by atoms with Crippen molar-refractivity contribution in [2.24, 2.45) is 0 Å². The molecule has 0 heterocycles. The van der Waals surface area contributed by atoms with Crippen molar-refractivity contribution in [2.75, 3.05) is 5.73 Å². The molecule has 2 aromatic carbocycles. The number of hydrogen-bond acceptors (Lipinski definition) is 2. The Morgan fingerprint density at radius 1 is 1.22 bits per heavy atom. The maximum atomic E-state index is 13.1. The average Bonchev–Trinajstić information content (AvgIpc) is 2.34. The first kappa shape index (κ1) is 12.8. The quantitative estimate of drug-likeness (QED) is 0.865. The molecule has 0 fully saturated rings. The summed E-state index contributed by atoms with van der Waals surface area (Å²) in [7, 11) is -1.21. The lowest BCUT2D eigenvalue weighted by atomic mass is 10.1. The van der Waals surface area contributed by atoms with Crippen molar-refractivity contribution in [3.05, 3.63) is 59.4 Å². The van der Waals surface area contributed by atoms with Crippen LogP contribution in [0.25, 0.3) is 0 Å². The van der Waals surface area contributed by atoms with Crippen LogP contribution in [0.1, 0.15) is 11.1 Å². The van der Waals surface area contributed by atoms with Crippen LogP contribution in [-0.4, -0.2) is 4.21 Å². The van der Waals surface area contributed by atoms with Crippen LogP contribution in [0.15, 0.2) is 47.4 Å². The van der Waals surface area contributed by atoms with E-state index in [0.717, 1.165) is 11.1 Å². The van der Waals surface area contributed by atoms with Gasteiger partial charge in [0.2, 0.25) is 0 Å². The van der Waals surface area contributed by atoms with Crippen molar-refractivity contribution >= 4 is 16.5 Å². The molecular formula is C14H14FNOS. The molecule has 0 aliphatic carbocycles. The Bertz CT molecular complexity index is 598. The summed E-state index contributed by atoms with van der Waals surface area (Å²) in [6, 6.07) is 11.5. The topological polar surface area (TPSA) is 43.1 Å². The molecule has 0 radical (unpaired) electrons. The monoisotopic (exact) mass is 263 g/mol. The third-order valence-electron chi connectivity index (χ3n) is 2.72. The number of nitrogen functional groups attached to an aromatic ring is 1. The van der Waals surface area contributed by atoms with Gasteiger partial charge in [-0.3, -0.25) is 4.21 Å². The van der Waals surface area contributed by atoms with Crippen molar-refractivity contribution in [3.63, 3.8) is 0 Å². The molecule has 94 valence electrons. The summed E-state index contributed by atoms with van der Waals surface area (Å²) >= 11 is 0. The molecule has 1 atom stereocenters. The molecule has 2 aromatic rings. The summed E-state index contributed by atoms with van der Waals surface area (Å²) in [5.74, 6) is -0.00674. The fourth-order valence-corrected chi connectivity index (χ4v) is 2.93. The van der Waals surface area contributed by atoms with Gasteiger partial charge in [0.05, 0.1) is 16.6 Å². The van der Waals surface area contributed by atoms with Crippen LogP contribution in [0.2, 0.25) is 0 Å². The van der Waals surface area contributed by atoms with Crippen LogP contribution in [0.5, 0.6) is 0 Å². The fourth-order valence-electron chi connectivity index (χ4n) is 1.68. The lowest BCUT2D eigenvalue weighted by Gasteiger charge is -2.06. The third-order valence-corrected chi connectivity index (χ3v) is 4.07. The summed E-state index contributed by atoms with van der Waals surface area (Å²) < 4.78 is 25.3. The second-order valence-electron chi connectivity index (χ2n) is 4.13. The van der Waals surface area contributed by atoms with Gasteiger partial charge in [0, 0.05) is 10.6 Å². The largest absolute Gasteiger partial charge is 0.399 e. The van der Waals surface area contributed by atoms with Gasteiger partial charge in [0.1, 0.15) is 5.82 Å². The fraction of sp³-hybridized carbons (Fsp3) is 0.143. The lowest BCUT2D eigenvalue weighted by molar-refractivity contribution is 0.625. The van der Waals surface area contributed by atoms with E-state index < -0.39 is 10.8 Å². The molecule has 0 spiro atoms. The second kappa shape index (κ2) is 5.31. The van der Waals surface area contributed by atoms with Crippen LogP contribution in [0.3, 0.4) is 0 Å². The Morgan fingerprint density at radius 2 is 2.00 bits per heavy atom. The molecule has 2 N–H and O–H groups in total. The molecule has 18 heavy (non-hydrogen) atoms. The molecule has 0 saturated heterocycles. The molecule has 0 bridgehead atoms. The molecule has 0 amide bonds. The summed E-state index contributed by atoms with van der Waals surface area (Å²) in [5, 5.41) is 0. The molecule has 4 heteroatoms. The van der Waals surface area contributed by atoms with Crippen molar-refractivity contribution < 1.29 is 8.60 Å². The standard InChI is InChI=1S/C14H14FNOS/c1-10-5-6-12(15)7-11(10)9-18(17)14-4-2-3-13(16)8-14/h2-8H,9,16H2,1H3. The van der Waals surface area contributed by atoms with E-state index in [2.05, 4.69) is 0 Å². The molecule has 2 nitrogen and oxygen atoms in total. The molecule has 0 aromatic heterocycles. The van der Waals surface area contributed by atoms with E-state index in [-0.39, 0.29) is 5.82 Å². The van der Waals surface area contributed by atoms with E-state index in [1.165, 1.54) is 12.1 Å².